The maximum atomic E-state index is 11.7. The minimum atomic E-state index is -0.989. The molecule has 1 N–H and O–H groups in total. The molecule has 9 nitrogen and oxygen atoms in total. The fraction of sp³-hybridized carbons (Fsp3) is 0.833. The van der Waals surface area contributed by atoms with Crippen LogP contribution >= 0.6 is 0 Å². The first-order valence-electron chi connectivity index (χ1n) is 6.83. The summed E-state index contributed by atoms with van der Waals surface area (Å²) in [6.07, 6.45) is 0.128. The first kappa shape index (κ1) is 17.0. The van der Waals surface area contributed by atoms with Crippen LogP contribution in [0, 0.1) is 17.0 Å². The van der Waals surface area contributed by atoms with E-state index in [4.69, 9.17) is 14.7 Å². The summed E-state index contributed by atoms with van der Waals surface area (Å²) in [5.41, 5.74) is 0. The van der Waals surface area contributed by atoms with Crippen molar-refractivity contribution in [2.24, 2.45) is 17.1 Å². The van der Waals surface area contributed by atoms with E-state index in [1.807, 2.05) is 0 Å². The van der Waals surface area contributed by atoms with Gasteiger partial charge in [0.25, 0.3) is 6.29 Å². The van der Waals surface area contributed by atoms with Crippen LogP contribution < -0.4 is 0 Å². The predicted molar refractivity (Wildman–Crippen MR) is 69.5 cm³/mol. The monoisotopic (exact) mass is 303 g/mol. The van der Waals surface area contributed by atoms with Crippen molar-refractivity contribution in [3.05, 3.63) is 5.21 Å². The van der Waals surface area contributed by atoms with Crippen molar-refractivity contribution in [2.45, 2.75) is 39.9 Å². The molecular formula is C12H21N3O6. The number of piperidine rings is 1. The fourth-order valence-corrected chi connectivity index (χ4v) is 1.79. The average Bonchev–Trinajstić information content (AvgIpc) is 2.44. The van der Waals surface area contributed by atoms with Gasteiger partial charge in [-0.2, -0.15) is 0 Å². The average molecular weight is 303 g/mol. The van der Waals surface area contributed by atoms with Crippen LogP contribution in [0.25, 0.3) is 0 Å². The van der Waals surface area contributed by atoms with E-state index in [2.05, 4.69) is 5.28 Å². The van der Waals surface area contributed by atoms with Crippen molar-refractivity contribution in [3.8, 4) is 0 Å². The Bertz CT molecular complexity index is 412. The predicted octanol–water partition coefficient (Wildman–Crippen LogP) is 1.14. The summed E-state index contributed by atoms with van der Waals surface area (Å²) in [6, 6.07) is 0. The van der Waals surface area contributed by atoms with Crippen LogP contribution in [0.5, 0.6) is 0 Å². The summed E-state index contributed by atoms with van der Waals surface area (Å²) in [5.74, 6) is -2.30. The molecule has 21 heavy (non-hydrogen) atoms. The Morgan fingerprint density at radius 3 is 2.67 bits per heavy atom. The van der Waals surface area contributed by atoms with Crippen molar-refractivity contribution in [1.29, 1.82) is 0 Å². The molecule has 0 saturated carbocycles. The molecule has 1 fully saturated rings. The smallest absolute Gasteiger partial charge is 0.311 e. The molecule has 2 atom stereocenters. The number of carboxylic acids is 1. The van der Waals surface area contributed by atoms with Crippen molar-refractivity contribution in [1.82, 2.24) is 5.01 Å². The third-order valence-electron chi connectivity index (χ3n) is 3.01. The van der Waals surface area contributed by atoms with Crippen LogP contribution in [-0.2, 0) is 19.2 Å². The number of hydrogen-bond acceptors (Lipinski definition) is 6. The maximum Gasteiger partial charge on any atom is 0.311 e. The highest BCUT2D eigenvalue weighted by Crippen LogP contribution is 2.16. The van der Waals surface area contributed by atoms with Gasteiger partial charge >= 0.3 is 11.9 Å². The second-order valence-electron chi connectivity index (χ2n) is 5.19. The molecule has 1 rings (SSSR count). The number of carbonyl (C=O) groups is 2. The van der Waals surface area contributed by atoms with Gasteiger partial charge in [-0.15, -0.1) is 5.01 Å². The molecule has 1 heterocycles. The Morgan fingerprint density at radius 1 is 1.43 bits per heavy atom. The third kappa shape index (κ3) is 5.44. The Hall–Kier alpha value is -2.06. The Balaban J connectivity index is 2.48. The Labute approximate surface area is 122 Å². The summed E-state index contributed by atoms with van der Waals surface area (Å²) >= 11 is 0. The summed E-state index contributed by atoms with van der Waals surface area (Å²) in [5, 5.41) is 25.2. The lowest BCUT2D eigenvalue weighted by atomic mass is 10.00. The lowest BCUT2D eigenvalue weighted by molar-refractivity contribution is -0.715. The van der Waals surface area contributed by atoms with Crippen molar-refractivity contribution in [2.75, 3.05) is 13.1 Å². The Kier molecular flexibility index (Phi) is 6.19. The highest BCUT2D eigenvalue weighted by atomic mass is 16.8. The van der Waals surface area contributed by atoms with E-state index < -0.39 is 24.1 Å². The molecule has 0 aromatic rings. The summed E-state index contributed by atoms with van der Waals surface area (Å²) < 4.78 is 4.88. The number of ether oxygens (including phenoxy) is 1. The molecule has 0 aliphatic carbocycles. The quantitative estimate of drug-likeness (QED) is 0.257. The summed E-state index contributed by atoms with van der Waals surface area (Å²) in [4.78, 5) is 27.2. The van der Waals surface area contributed by atoms with Crippen LogP contribution in [0.3, 0.4) is 0 Å². The minimum absolute atomic E-state index is 0.0753. The fourth-order valence-electron chi connectivity index (χ4n) is 1.79. The molecule has 0 bridgehead atoms. The van der Waals surface area contributed by atoms with Gasteiger partial charge in [-0.05, 0) is 12.8 Å². The highest BCUT2D eigenvalue weighted by molar-refractivity contribution is 5.71. The van der Waals surface area contributed by atoms with E-state index in [1.54, 1.807) is 13.8 Å². The zero-order chi connectivity index (χ0) is 16.0. The third-order valence-corrected chi connectivity index (χ3v) is 3.01. The second kappa shape index (κ2) is 7.65. The largest absolute Gasteiger partial charge is 0.569 e. The van der Waals surface area contributed by atoms with Crippen LogP contribution in [0.2, 0.25) is 0 Å². The van der Waals surface area contributed by atoms with E-state index >= 15 is 0 Å². The molecule has 1 aliphatic heterocycles. The van der Waals surface area contributed by atoms with E-state index in [0.717, 1.165) is 0 Å². The van der Waals surface area contributed by atoms with Crippen molar-refractivity contribution in [3.63, 3.8) is 0 Å². The minimum Gasteiger partial charge on any atom is -0.569 e. The summed E-state index contributed by atoms with van der Waals surface area (Å²) in [7, 11) is 0. The zero-order valence-corrected chi connectivity index (χ0v) is 12.4. The number of nitrogens with zero attached hydrogens (tertiary/aromatic N) is 3. The number of hydrazine groups is 1. The van der Waals surface area contributed by atoms with Crippen LogP contribution in [0.4, 0.5) is 0 Å². The molecule has 0 spiro atoms. The lowest BCUT2D eigenvalue weighted by Crippen LogP contribution is -2.42. The van der Waals surface area contributed by atoms with Gasteiger partial charge in [0.1, 0.15) is 0 Å². The number of aliphatic carboxylic acids is 1. The molecule has 0 amide bonds. The molecule has 120 valence electrons. The van der Waals surface area contributed by atoms with E-state index in [-0.39, 0.29) is 17.4 Å². The number of carbonyl (C=O) groups excluding carboxylic acids is 1. The topological polar surface area (TPSA) is 114 Å². The van der Waals surface area contributed by atoms with Gasteiger partial charge in [-0.1, -0.05) is 13.8 Å². The molecule has 0 radical (unpaired) electrons. The first-order valence-corrected chi connectivity index (χ1v) is 6.83. The van der Waals surface area contributed by atoms with Gasteiger partial charge in [-0.3, -0.25) is 14.4 Å². The van der Waals surface area contributed by atoms with E-state index in [9.17, 15) is 14.8 Å². The molecule has 2 unspecified atom stereocenters. The highest BCUT2D eigenvalue weighted by Gasteiger charge is 2.30. The Morgan fingerprint density at radius 2 is 2.10 bits per heavy atom. The van der Waals surface area contributed by atoms with E-state index in [1.165, 1.54) is 11.9 Å². The van der Waals surface area contributed by atoms with Gasteiger partial charge < -0.3 is 15.1 Å². The van der Waals surface area contributed by atoms with Crippen LogP contribution in [-0.4, -0.2) is 46.4 Å². The SMILES string of the molecule is CC(O/N=[N+](\[O-])N1CCCC(C(=O)O)C1)OC(=O)C(C)C. The molecule has 1 saturated heterocycles. The first-order chi connectivity index (χ1) is 9.81. The van der Waals surface area contributed by atoms with Crippen LogP contribution in [0.15, 0.2) is 5.28 Å². The van der Waals surface area contributed by atoms with Gasteiger partial charge in [0.15, 0.2) is 0 Å². The van der Waals surface area contributed by atoms with Gasteiger partial charge in [-0.25, -0.2) is 0 Å². The summed E-state index contributed by atoms with van der Waals surface area (Å²) in [6.45, 7) is 5.26. The number of hydrogen-bond donors (Lipinski definition) is 1. The standard InChI is InChI=1S/C12H21N3O6/c1-8(2)12(18)20-9(3)21-13-15(19)14-6-4-5-10(7-14)11(16)17/h8-10H,4-7H2,1-3H3,(H,16,17)/b15-13-. The van der Waals surface area contributed by atoms with E-state index in [0.29, 0.717) is 19.4 Å². The molecule has 0 aromatic carbocycles. The van der Waals surface area contributed by atoms with Crippen molar-refractivity contribution >= 4 is 11.9 Å². The van der Waals surface area contributed by atoms with Crippen molar-refractivity contribution < 1.29 is 29.2 Å². The normalized spacial score (nSPS) is 21.0. The number of rotatable bonds is 6. The van der Waals surface area contributed by atoms with Crippen LogP contribution in [0.1, 0.15) is 33.6 Å². The number of esters is 1. The zero-order valence-electron chi connectivity index (χ0n) is 12.4. The van der Waals surface area contributed by atoms with Gasteiger partial charge in [0.05, 0.1) is 29.9 Å². The molecule has 1 aliphatic rings. The number of carboxylic acid groups (broad SMARTS) is 1. The molecule has 0 aromatic heterocycles. The van der Waals surface area contributed by atoms with Gasteiger partial charge in [0, 0.05) is 6.92 Å². The second-order valence-corrected chi connectivity index (χ2v) is 5.19. The lowest BCUT2D eigenvalue weighted by Gasteiger charge is -2.26. The van der Waals surface area contributed by atoms with Gasteiger partial charge in [0.2, 0.25) is 5.28 Å². The molecule has 9 heteroatoms. The molecular weight excluding hydrogens is 282 g/mol. The maximum absolute atomic E-state index is 11.7.